The van der Waals surface area contributed by atoms with E-state index < -0.39 is 4.92 Å². The van der Waals surface area contributed by atoms with Gasteiger partial charge < -0.3 is 9.47 Å². The first-order valence-corrected chi connectivity index (χ1v) is 6.28. The summed E-state index contributed by atoms with van der Waals surface area (Å²) in [5.41, 5.74) is 1.85. The van der Waals surface area contributed by atoms with Crippen molar-refractivity contribution in [2.45, 2.75) is 0 Å². The van der Waals surface area contributed by atoms with Crippen LogP contribution in [0.2, 0.25) is 0 Å². The van der Waals surface area contributed by atoms with Gasteiger partial charge in [0.2, 0.25) is 0 Å². The second-order valence-corrected chi connectivity index (χ2v) is 4.29. The molecule has 108 valence electrons. The first-order chi connectivity index (χ1) is 10.1. The van der Waals surface area contributed by atoms with E-state index in [0.717, 1.165) is 16.9 Å². The molecule has 21 heavy (non-hydrogen) atoms. The number of methoxy groups -OCH3 is 2. The van der Waals surface area contributed by atoms with Gasteiger partial charge in [-0.2, -0.15) is 0 Å². The van der Waals surface area contributed by atoms with Crippen LogP contribution < -0.4 is 9.47 Å². The average Bonchev–Trinajstić information content (AvgIpc) is 2.53. The lowest BCUT2D eigenvalue weighted by Crippen LogP contribution is -1.89. The van der Waals surface area contributed by atoms with E-state index in [1.807, 2.05) is 24.3 Å². The van der Waals surface area contributed by atoms with Crippen LogP contribution in [0, 0.1) is 10.1 Å². The van der Waals surface area contributed by atoms with E-state index >= 15 is 0 Å². The summed E-state index contributed by atoms with van der Waals surface area (Å²) in [5, 5.41) is 10.6. The number of hydrogen-bond acceptors (Lipinski definition) is 4. The molecular formula is C16H15NO4. The number of rotatable bonds is 5. The molecule has 0 aliphatic carbocycles. The predicted molar refractivity (Wildman–Crippen MR) is 81.6 cm³/mol. The smallest absolute Gasteiger partial charge is 0.269 e. The van der Waals surface area contributed by atoms with Crippen LogP contribution in [-0.2, 0) is 0 Å². The molecular weight excluding hydrogens is 270 g/mol. The molecule has 0 aliphatic heterocycles. The van der Waals surface area contributed by atoms with Crippen molar-refractivity contribution in [1.82, 2.24) is 0 Å². The van der Waals surface area contributed by atoms with Gasteiger partial charge in [-0.15, -0.1) is 0 Å². The molecule has 0 heterocycles. The van der Waals surface area contributed by atoms with Crippen molar-refractivity contribution in [3.05, 3.63) is 63.7 Å². The largest absolute Gasteiger partial charge is 0.497 e. The molecule has 5 nitrogen and oxygen atoms in total. The number of hydrogen-bond donors (Lipinski definition) is 0. The minimum atomic E-state index is -0.417. The molecule has 0 saturated carbocycles. The van der Waals surface area contributed by atoms with Gasteiger partial charge in [0, 0.05) is 23.8 Å². The Kier molecular flexibility index (Phi) is 4.56. The zero-order valence-corrected chi connectivity index (χ0v) is 11.8. The maximum atomic E-state index is 10.6. The quantitative estimate of drug-likeness (QED) is 0.476. The molecule has 2 aromatic carbocycles. The van der Waals surface area contributed by atoms with Gasteiger partial charge in [0.05, 0.1) is 19.1 Å². The highest BCUT2D eigenvalue weighted by Crippen LogP contribution is 2.26. The normalized spacial score (nSPS) is 10.6. The number of nitro groups is 1. The summed E-state index contributed by atoms with van der Waals surface area (Å²) in [6.07, 6.45) is 3.76. The Morgan fingerprint density at radius 3 is 2.29 bits per heavy atom. The summed E-state index contributed by atoms with van der Waals surface area (Å²) in [7, 11) is 3.19. The zero-order valence-electron chi connectivity index (χ0n) is 11.8. The molecule has 0 fully saturated rings. The van der Waals surface area contributed by atoms with Gasteiger partial charge >= 0.3 is 0 Å². The summed E-state index contributed by atoms with van der Waals surface area (Å²) in [6.45, 7) is 0. The molecule has 2 rings (SSSR count). The van der Waals surface area contributed by atoms with Crippen LogP contribution >= 0.6 is 0 Å². The first kappa shape index (κ1) is 14.6. The van der Waals surface area contributed by atoms with Gasteiger partial charge in [0.15, 0.2) is 0 Å². The van der Waals surface area contributed by atoms with Gasteiger partial charge in [-0.1, -0.05) is 12.2 Å². The fraction of sp³-hybridized carbons (Fsp3) is 0.125. The minimum Gasteiger partial charge on any atom is -0.497 e. The number of nitrogens with zero attached hydrogens (tertiary/aromatic N) is 1. The van der Waals surface area contributed by atoms with E-state index in [1.54, 1.807) is 32.4 Å². The summed E-state index contributed by atoms with van der Waals surface area (Å²) in [4.78, 5) is 10.2. The molecule has 0 atom stereocenters. The zero-order chi connectivity index (χ0) is 15.2. The highest BCUT2D eigenvalue weighted by molar-refractivity contribution is 5.73. The molecule has 0 aliphatic rings. The summed E-state index contributed by atoms with van der Waals surface area (Å²) >= 11 is 0. The molecule has 0 spiro atoms. The van der Waals surface area contributed by atoms with Crippen LogP contribution in [0.15, 0.2) is 42.5 Å². The molecule has 0 unspecified atom stereocenters. The SMILES string of the molecule is COc1ccc(/C=C/c2ccc([N+](=O)[O-])cc2)c(OC)c1. The molecule has 0 bridgehead atoms. The van der Waals surface area contributed by atoms with E-state index in [-0.39, 0.29) is 5.69 Å². The third-order valence-corrected chi connectivity index (χ3v) is 3.00. The van der Waals surface area contributed by atoms with E-state index in [2.05, 4.69) is 0 Å². The lowest BCUT2D eigenvalue weighted by Gasteiger charge is -2.07. The van der Waals surface area contributed by atoms with E-state index in [1.165, 1.54) is 12.1 Å². The highest BCUT2D eigenvalue weighted by Gasteiger charge is 2.04. The fourth-order valence-corrected chi connectivity index (χ4v) is 1.85. The van der Waals surface area contributed by atoms with Crippen LogP contribution in [0.5, 0.6) is 11.5 Å². The Hall–Kier alpha value is -2.82. The molecule has 5 heteroatoms. The van der Waals surface area contributed by atoms with Crippen molar-refractivity contribution in [1.29, 1.82) is 0 Å². The lowest BCUT2D eigenvalue weighted by atomic mass is 10.1. The average molecular weight is 285 g/mol. The van der Waals surface area contributed by atoms with Crippen molar-refractivity contribution in [3.63, 3.8) is 0 Å². The molecule has 0 radical (unpaired) electrons. The third kappa shape index (κ3) is 3.60. The Labute approximate surface area is 122 Å². The Bertz CT molecular complexity index is 662. The van der Waals surface area contributed by atoms with Gasteiger partial charge in [0.1, 0.15) is 11.5 Å². The molecule has 2 aromatic rings. The van der Waals surface area contributed by atoms with Crippen LogP contribution in [0.1, 0.15) is 11.1 Å². The third-order valence-electron chi connectivity index (χ3n) is 3.00. The topological polar surface area (TPSA) is 61.6 Å². The Balaban J connectivity index is 2.22. The number of non-ortho nitro benzene ring substituents is 1. The number of nitro benzene ring substituents is 1. The summed E-state index contributed by atoms with van der Waals surface area (Å²) < 4.78 is 10.4. The Morgan fingerprint density at radius 2 is 1.71 bits per heavy atom. The van der Waals surface area contributed by atoms with Gasteiger partial charge in [0.25, 0.3) is 5.69 Å². The standard InChI is InChI=1S/C16H15NO4/c1-20-15-10-7-13(16(11-15)21-2)6-3-12-4-8-14(9-5-12)17(18)19/h3-11H,1-2H3/b6-3+. The van der Waals surface area contributed by atoms with Crippen molar-refractivity contribution < 1.29 is 14.4 Å². The second kappa shape index (κ2) is 6.56. The summed E-state index contributed by atoms with van der Waals surface area (Å²) in [5.74, 6) is 1.42. The highest BCUT2D eigenvalue weighted by atomic mass is 16.6. The molecule has 0 N–H and O–H groups in total. The van der Waals surface area contributed by atoms with Crippen LogP contribution in [-0.4, -0.2) is 19.1 Å². The minimum absolute atomic E-state index is 0.0779. The molecule has 0 saturated heterocycles. The van der Waals surface area contributed by atoms with E-state index in [0.29, 0.717) is 5.75 Å². The monoisotopic (exact) mass is 285 g/mol. The number of ether oxygens (including phenoxy) is 2. The van der Waals surface area contributed by atoms with E-state index in [9.17, 15) is 10.1 Å². The summed E-state index contributed by atoms with van der Waals surface area (Å²) in [6, 6.07) is 11.9. The number of benzene rings is 2. The predicted octanol–water partition coefficient (Wildman–Crippen LogP) is 3.78. The lowest BCUT2D eigenvalue weighted by molar-refractivity contribution is -0.384. The maximum absolute atomic E-state index is 10.6. The Morgan fingerprint density at radius 1 is 1.00 bits per heavy atom. The maximum Gasteiger partial charge on any atom is 0.269 e. The van der Waals surface area contributed by atoms with E-state index in [4.69, 9.17) is 9.47 Å². The van der Waals surface area contributed by atoms with Crippen molar-refractivity contribution in [2.24, 2.45) is 0 Å². The second-order valence-electron chi connectivity index (χ2n) is 4.29. The van der Waals surface area contributed by atoms with Gasteiger partial charge in [-0.25, -0.2) is 0 Å². The van der Waals surface area contributed by atoms with Crippen molar-refractivity contribution in [3.8, 4) is 11.5 Å². The van der Waals surface area contributed by atoms with Gasteiger partial charge in [-0.3, -0.25) is 10.1 Å². The van der Waals surface area contributed by atoms with Crippen LogP contribution in [0.25, 0.3) is 12.2 Å². The molecule has 0 amide bonds. The van der Waals surface area contributed by atoms with Crippen molar-refractivity contribution >= 4 is 17.8 Å². The van der Waals surface area contributed by atoms with Gasteiger partial charge in [-0.05, 0) is 29.8 Å². The fourth-order valence-electron chi connectivity index (χ4n) is 1.85. The van der Waals surface area contributed by atoms with Crippen molar-refractivity contribution in [2.75, 3.05) is 14.2 Å². The van der Waals surface area contributed by atoms with Crippen LogP contribution in [0.4, 0.5) is 5.69 Å². The van der Waals surface area contributed by atoms with Crippen LogP contribution in [0.3, 0.4) is 0 Å². The molecule has 0 aromatic heterocycles. The first-order valence-electron chi connectivity index (χ1n) is 6.28.